The van der Waals surface area contributed by atoms with E-state index in [4.69, 9.17) is 4.74 Å². The van der Waals surface area contributed by atoms with Crippen LogP contribution in [-0.2, 0) is 4.79 Å². The molecular weight excluding hydrogens is 298 g/mol. The molecule has 1 amide bonds. The maximum absolute atomic E-state index is 11.7. The molecule has 1 atom stereocenters. The molecule has 1 aromatic carbocycles. The number of nitrogens with one attached hydrogen (secondary N) is 1. The lowest BCUT2D eigenvalue weighted by Gasteiger charge is -2.29. The molecule has 5 heteroatoms. The van der Waals surface area contributed by atoms with Crippen molar-refractivity contribution in [3.8, 4) is 5.75 Å². The van der Waals surface area contributed by atoms with Gasteiger partial charge in [0, 0.05) is 4.47 Å². The Bertz CT molecular complexity index is 418. The van der Waals surface area contributed by atoms with E-state index in [0.717, 1.165) is 4.47 Å². The molecule has 0 bridgehead atoms. The van der Waals surface area contributed by atoms with Crippen molar-refractivity contribution in [3.63, 3.8) is 0 Å². The van der Waals surface area contributed by atoms with Crippen LogP contribution < -0.4 is 10.1 Å². The molecule has 0 fully saturated rings. The number of aliphatic hydroxyl groups is 1. The van der Waals surface area contributed by atoms with Crippen molar-refractivity contribution in [1.82, 2.24) is 5.32 Å². The Balaban J connectivity index is 2.47. The molecule has 0 saturated heterocycles. The number of hydrogen-bond acceptors (Lipinski definition) is 3. The third-order valence-corrected chi connectivity index (χ3v) is 3.17. The summed E-state index contributed by atoms with van der Waals surface area (Å²) in [6.07, 6.45) is -0.632. The second kappa shape index (κ2) is 6.20. The number of carbonyl (C=O) groups is 1. The van der Waals surface area contributed by atoms with Crippen LogP contribution in [0.5, 0.6) is 5.75 Å². The van der Waals surface area contributed by atoms with Crippen LogP contribution in [0.4, 0.5) is 0 Å². The Morgan fingerprint density at radius 2 is 2.22 bits per heavy atom. The molecule has 0 aliphatic heterocycles. The van der Waals surface area contributed by atoms with Crippen molar-refractivity contribution in [1.29, 1.82) is 0 Å². The summed E-state index contributed by atoms with van der Waals surface area (Å²) in [5.74, 6) is 0.357. The third kappa shape index (κ3) is 4.66. The SMILES string of the molecule is CC(O)C(C)(C)NC(=O)COc1cccc(Br)c1. The Kier molecular flexibility index (Phi) is 5.16. The van der Waals surface area contributed by atoms with Crippen LogP contribution in [0.15, 0.2) is 28.7 Å². The number of amides is 1. The fourth-order valence-electron chi connectivity index (χ4n) is 1.21. The number of aliphatic hydroxyl groups excluding tert-OH is 1. The summed E-state index contributed by atoms with van der Waals surface area (Å²) >= 11 is 3.32. The van der Waals surface area contributed by atoms with Crippen LogP contribution in [0.2, 0.25) is 0 Å². The Hall–Kier alpha value is -1.07. The van der Waals surface area contributed by atoms with Crippen molar-refractivity contribution >= 4 is 21.8 Å². The van der Waals surface area contributed by atoms with E-state index in [2.05, 4.69) is 21.2 Å². The molecule has 0 heterocycles. The lowest BCUT2D eigenvalue weighted by Crippen LogP contribution is -2.52. The lowest BCUT2D eigenvalue weighted by molar-refractivity contribution is -0.126. The molecule has 1 rings (SSSR count). The molecule has 0 saturated carbocycles. The van der Waals surface area contributed by atoms with E-state index < -0.39 is 11.6 Å². The Morgan fingerprint density at radius 3 is 2.78 bits per heavy atom. The van der Waals surface area contributed by atoms with Crippen molar-refractivity contribution in [2.75, 3.05) is 6.61 Å². The van der Waals surface area contributed by atoms with E-state index in [9.17, 15) is 9.90 Å². The van der Waals surface area contributed by atoms with Crippen LogP contribution in [0.3, 0.4) is 0 Å². The van der Waals surface area contributed by atoms with Gasteiger partial charge in [-0.15, -0.1) is 0 Å². The number of hydrogen-bond donors (Lipinski definition) is 2. The molecule has 100 valence electrons. The predicted octanol–water partition coefficient (Wildman–Crippen LogP) is 2.10. The maximum Gasteiger partial charge on any atom is 0.258 e. The quantitative estimate of drug-likeness (QED) is 0.875. The number of rotatable bonds is 5. The van der Waals surface area contributed by atoms with Gasteiger partial charge in [0.05, 0.1) is 11.6 Å². The minimum atomic E-state index is -0.669. The monoisotopic (exact) mass is 315 g/mol. The van der Waals surface area contributed by atoms with E-state index in [0.29, 0.717) is 5.75 Å². The highest BCUT2D eigenvalue weighted by Gasteiger charge is 2.25. The van der Waals surface area contributed by atoms with Crippen molar-refractivity contribution in [2.24, 2.45) is 0 Å². The standard InChI is InChI=1S/C13H18BrNO3/c1-9(16)13(2,3)15-12(17)8-18-11-6-4-5-10(14)7-11/h4-7,9,16H,8H2,1-3H3,(H,15,17). The van der Waals surface area contributed by atoms with Crippen LogP contribution in [-0.4, -0.2) is 29.3 Å². The molecule has 0 aliphatic rings. The van der Waals surface area contributed by atoms with Gasteiger partial charge in [0.1, 0.15) is 5.75 Å². The zero-order chi connectivity index (χ0) is 13.8. The van der Waals surface area contributed by atoms with Gasteiger partial charge >= 0.3 is 0 Å². The first kappa shape index (κ1) is 15.0. The molecular formula is C13H18BrNO3. The molecule has 4 nitrogen and oxygen atoms in total. The number of carbonyl (C=O) groups excluding carboxylic acids is 1. The normalized spacial score (nSPS) is 12.9. The summed E-state index contributed by atoms with van der Waals surface area (Å²) in [7, 11) is 0. The minimum Gasteiger partial charge on any atom is -0.484 e. The van der Waals surface area contributed by atoms with Gasteiger partial charge in [0.15, 0.2) is 6.61 Å². The fraction of sp³-hybridized carbons (Fsp3) is 0.462. The van der Waals surface area contributed by atoms with E-state index >= 15 is 0 Å². The summed E-state index contributed by atoms with van der Waals surface area (Å²) in [5, 5.41) is 12.2. The van der Waals surface area contributed by atoms with E-state index in [1.807, 2.05) is 12.1 Å². The highest BCUT2D eigenvalue weighted by atomic mass is 79.9. The van der Waals surface area contributed by atoms with Crippen molar-refractivity contribution in [3.05, 3.63) is 28.7 Å². The molecule has 1 aromatic rings. The summed E-state index contributed by atoms with van der Waals surface area (Å²) in [5.41, 5.74) is -0.669. The number of benzene rings is 1. The smallest absolute Gasteiger partial charge is 0.258 e. The van der Waals surface area contributed by atoms with Gasteiger partial charge in [0.2, 0.25) is 0 Å². The lowest BCUT2D eigenvalue weighted by atomic mass is 9.99. The number of ether oxygens (including phenoxy) is 1. The molecule has 0 aliphatic carbocycles. The fourth-order valence-corrected chi connectivity index (χ4v) is 1.58. The Labute approximate surface area is 115 Å². The van der Waals surface area contributed by atoms with Crippen LogP contribution in [0, 0.1) is 0 Å². The van der Waals surface area contributed by atoms with Gasteiger partial charge in [-0.05, 0) is 39.0 Å². The van der Waals surface area contributed by atoms with Gasteiger partial charge in [-0.25, -0.2) is 0 Å². The zero-order valence-corrected chi connectivity index (χ0v) is 12.3. The van der Waals surface area contributed by atoms with Gasteiger partial charge in [-0.3, -0.25) is 4.79 Å². The van der Waals surface area contributed by atoms with Crippen LogP contribution in [0.25, 0.3) is 0 Å². The summed E-state index contributed by atoms with van der Waals surface area (Å²) < 4.78 is 6.24. The minimum absolute atomic E-state index is 0.0768. The first-order valence-electron chi connectivity index (χ1n) is 5.69. The van der Waals surface area contributed by atoms with Gasteiger partial charge in [-0.2, -0.15) is 0 Å². The van der Waals surface area contributed by atoms with Gasteiger partial charge in [-0.1, -0.05) is 22.0 Å². The molecule has 0 aromatic heterocycles. The van der Waals surface area contributed by atoms with Gasteiger partial charge in [0.25, 0.3) is 5.91 Å². The first-order chi connectivity index (χ1) is 8.31. The van der Waals surface area contributed by atoms with E-state index in [1.165, 1.54) is 0 Å². The molecule has 0 radical (unpaired) electrons. The summed E-state index contributed by atoms with van der Waals surface area (Å²) in [6, 6.07) is 7.27. The van der Waals surface area contributed by atoms with Crippen molar-refractivity contribution < 1.29 is 14.6 Å². The Morgan fingerprint density at radius 1 is 1.56 bits per heavy atom. The molecule has 0 spiro atoms. The third-order valence-electron chi connectivity index (χ3n) is 2.67. The molecule has 1 unspecified atom stereocenters. The van der Waals surface area contributed by atoms with Crippen molar-refractivity contribution in [2.45, 2.75) is 32.4 Å². The average Bonchev–Trinajstić information content (AvgIpc) is 2.25. The largest absolute Gasteiger partial charge is 0.484 e. The molecule has 18 heavy (non-hydrogen) atoms. The second-order valence-electron chi connectivity index (χ2n) is 4.69. The summed E-state index contributed by atoms with van der Waals surface area (Å²) in [6.45, 7) is 5.07. The first-order valence-corrected chi connectivity index (χ1v) is 6.48. The molecule has 2 N–H and O–H groups in total. The van der Waals surface area contributed by atoms with Crippen LogP contribution >= 0.6 is 15.9 Å². The average molecular weight is 316 g/mol. The number of halogens is 1. The maximum atomic E-state index is 11.7. The van der Waals surface area contributed by atoms with Gasteiger partial charge < -0.3 is 15.2 Å². The van der Waals surface area contributed by atoms with Crippen LogP contribution in [0.1, 0.15) is 20.8 Å². The predicted molar refractivity (Wildman–Crippen MR) is 73.5 cm³/mol. The van der Waals surface area contributed by atoms with E-state index in [1.54, 1.807) is 32.9 Å². The second-order valence-corrected chi connectivity index (χ2v) is 5.61. The topological polar surface area (TPSA) is 58.6 Å². The van der Waals surface area contributed by atoms with E-state index in [-0.39, 0.29) is 12.5 Å². The summed E-state index contributed by atoms with van der Waals surface area (Å²) in [4.78, 5) is 11.7. The highest BCUT2D eigenvalue weighted by Crippen LogP contribution is 2.17. The zero-order valence-electron chi connectivity index (χ0n) is 10.7. The highest BCUT2D eigenvalue weighted by molar-refractivity contribution is 9.10.